The Morgan fingerprint density at radius 2 is 2.12 bits per heavy atom. The maximum absolute atomic E-state index is 6.12. The molecular weight excluding hydrogens is 224 g/mol. The summed E-state index contributed by atoms with van der Waals surface area (Å²) >= 11 is 6.12. The third-order valence-corrected chi connectivity index (χ3v) is 2.83. The molecule has 80 valence electrons. The molecule has 0 aliphatic carbocycles. The highest BCUT2D eigenvalue weighted by molar-refractivity contribution is 6.33. The Bertz CT molecular complexity index is 653. The SMILES string of the molecule is Cc1n[nH]c2cc(-c3ccccc3Cl)nn12. The lowest BCUT2D eigenvalue weighted by molar-refractivity contribution is 0.897. The summed E-state index contributed by atoms with van der Waals surface area (Å²) in [6.07, 6.45) is 0. The van der Waals surface area contributed by atoms with Gasteiger partial charge in [-0.05, 0) is 13.0 Å². The van der Waals surface area contributed by atoms with Gasteiger partial charge >= 0.3 is 0 Å². The van der Waals surface area contributed by atoms with Gasteiger partial charge < -0.3 is 0 Å². The Hall–Kier alpha value is -1.81. The van der Waals surface area contributed by atoms with Gasteiger partial charge in [-0.15, -0.1) is 0 Å². The minimum Gasteiger partial charge on any atom is -0.259 e. The first-order valence-corrected chi connectivity index (χ1v) is 5.29. The molecular formula is C11H9ClN4. The van der Waals surface area contributed by atoms with Crippen molar-refractivity contribution in [2.75, 3.05) is 0 Å². The topological polar surface area (TPSA) is 46.0 Å². The Balaban J connectivity index is 2.23. The van der Waals surface area contributed by atoms with E-state index in [-0.39, 0.29) is 0 Å². The summed E-state index contributed by atoms with van der Waals surface area (Å²) in [5.41, 5.74) is 2.65. The molecule has 0 amide bonds. The number of aryl methyl sites for hydroxylation is 1. The summed E-state index contributed by atoms with van der Waals surface area (Å²) in [5, 5.41) is 12.1. The predicted octanol–water partition coefficient (Wildman–Crippen LogP) is 2.69. The van der Waals surface area contributed by atoms with E-state index in [0.29, 0.717) is 5.02 Å². The van der Waals surface area contributed by atoms with Gasteiger partial charge in [0.15, 0.2) is 5.65 Å². The second-order valence-electron chi connectivity index (χ2n) is 3.58. The van der Waals surface area contributed by atoms with Crippen LogP contribution in [0.5, 0.6) is 0 Å². The molecule has 1 N–H and O–H groups in total. The molecule has 3 aromatic rings. The molecule has 0 fully saturated rings. The summed E-state index contributed by atoms with van der Waals surface area (Å²) < 4.78 is 1.76. The summed E-state index contributed by atoms with van der Waals surface area (Å²) in [6.45, 7) is 1.90. The summed E-state index contributed by atoms with van der Waals surface area (Å²) in [4.78, 5) is 0. The van der Waals surface area contributed by atoms with Gasteiger partial charge in [-0.2, -0.15) is 14.7 Å². The zero-order valence-electron chi connectivity index (χ0n) is 8.61. The van der Waals surface area contributed by atoms with Gasteiger partial charge in [0.25, 0.3) is 0 Å². The quantitative estimate of drug-likeness (QED) is 0.701. The third-order valence-electron chi connectivity index (χ3n) is 2.50. The van der Waals surface area contributed by atoms with Gasteiger partial charge in [0.2, 0.25) is 0 Å². The summed E-state index contributed by atoms with van der Waals surface area (Å²) in [7, 11) is 0. The molecule has 0 saturated heterocycles. The molecule has 0 bridgehead atoms. The lowest BCUT2D eigenvalue weighted by Crippen LogP contribution is -1.88. The average Bonchev–Trinajstić information content (AvgIpc) is 2.82. The van der Waals surface area contributed by atoms with Crippen LogP contribution in [0.25, 0.3) is 16.9 Å². The predicted molar refractivity (Wildman–Crippen MR) is 62.5 cm³/mol. The third kappa shape index (κ3) is 1.31. The Morgan fingerprint density at radius 3 is 2.88 bits per heavy atom. The van der Waals surface area contributed by atoms with Crippen LogP contribution in [0.15, 0.2) is 30.3 Å². The molecule has 0 aliphatic rings. The number of nitrogens with zero attached hydrogens (tertiary/aromatic N) is 3. The fourth-order valence-corrected chi connectivity index (χ4v) is 1.93. The maximum atomic E-state index is 6.12. The van der Waals surface area contributed by atoms with Crippen LogP contribution in [0.4, 0.5) is 0 Å². The van der Waals surface area contributed by atoms with Crippen molar-refractivity contribution in [1.29, 1.82) is 0 Å². The largest absolute Gasteiger partial charge is 0.259 e. The fraction of sp³-hybridized carbons (Fsp3) is 0.0909. The van der Waals surface area contributed by atoms with E-state index in [1.807, 2.05) is 37.3 Å². The van der Waals surface area contributed by atoms with Crippen LogP contribution in [-0.2, 0) is 0 Å². The van der Waals surface area contributed by atoms with E-state index in [1.54, 1.807) is 4.52 Å². The molecule has 4 nitrogen and oxygen atoms in total. The molecule has 3 rings (SSSR count). The van der Waals surface area contributed by atoms with Crippen molar-refractivity contribution >= 4 is 17.2 Å². The van der Waals surface area contributed by atoms with Gasteiger partial charge in [0.1, 0.15) is 5.82 Å². The molecule has 0 saturated carbocycles. The lowest BCUT2D eigenvalue weighted by Gasteiger charge is -1.98. The standard InChI is InChI=1S/C11H9ClN4/c1-7-13-14-11-6-10(15-16(7)11)8-4-2-3-5-9(8)12/h2-6,14H,1H3. The molecule has 2 aromatic heterocycles. The number of fused-ring (bicyclic) bond motifs is 1. The van der Waals surface area contributed by atoms with Gasteiger partial charge in [0.05, 0.1) is 10.7 Å². The number of benzene rings is 1. The number of hydrogen-bond donors (Lipinski definition) is 1. The minimum absolute atomic E-state index is 0.703. The van der Waals surface area contributed by atoms with Gasteiger partial charge in [-0.1, -0.05) is 29.8 Å². The minimum atomic E-state index is 0.703. The molecule has 5 heteroatoms. The second kappa shape index (κ2) is 3.35. The van der Waals surface area contributed by atoms with Crippen LogP contribution in [0.3, 0.4) is 0 Å². The highest BCUT2D eigenvalue weighted by atomic mass is 35.5. The first-order valence-electron chi connectivity index (χ1n) is 4.91. The zero-order chi connectivity index (χ0) is 11.1. The number of H-pyrrole nitrogens is 1. The molecule has 0 spiro atoms. The van der Waals surface area contributed by atoms with E-state index in [9.17, 15) is 0 Å². The van der Waals surface area contributed by atoms with E-state index in [0.717, 1.165) is 22.7 Å². The molecule has 0 unspecified atom stereocenters. The fourth-order valence-electron chi connectivity index (χ4n) is 1.69. The van der Waals surface area contributed by atoms with Crippen LogP contribution < -0.4 is 0 Å². The Kier molecular flexibility index (Phi) is 1.97. The first-order chi connectivity index (χ1) is 7.75. The van der Waals surface area contributed by atoms with E-state index in [1.165, 1.54) is 0 Å². The lowest BCUT2D eigenvalue weighted by atomic mass is 10.1. The van der Waals surface area contributed by atoms with Gasteiger partial charge in [-0.3, -0.25) is 5.10 Å². The Morgan fingerprint density at radius 1 is 1.31 bits per heavy atom. The van der Waals surface area contributed by atoms with Crippen LogP contribution >= 0.6 is 11.6 Å². The number of aromatic amines is 1. The van der Waals surface area contributed by atoms with Crippen LogP contribution in [0.1, 0.15) is 5.82 Å². The molecule has 0 atom stereocenters. The van der Waals surface area contributed by atoms with Crippen LogP contribution in [0, 0.1) is 6.92 Å². The van der Waals surface area contributed by atoms with Crippen molar-refractivity contribution in [3.8, 4) is 11.3 Å². The normalized spacial score (nSPS) is 11.1. The van der Waals surface area contributed by atoms with E-state index in [2.05, 4.69) is 15.3 Å². The van der Waals surface area contributed by atoms with Crippen LogP contribution in [-0.4, -0.2) is 19.8 Å². The molecule has 16 heavy (non-hydrogen) atoms. The second-order valence-corrected chi connectivity index (χ2v) is 3.98. The summed E-state index contributed by atoms with van der Waals surface area (Å²) in [6, 6.07) is 9.59. The first kappa shape index (κ1) is 9.42. The van der Waals surface area contributed by atoms with E-state index in [4.69, 9.17) is 11.6 Å². The van der Waals surface area contributed by atoms with Crippen molar-refractivity contribution in [3.05, 3.63) is 41.2 Å². The molecule has 1 aromatic carbocycles. The molecule has 2 heterocycles. The van der Waals surface area contributed by atoms with Crippen molar-refractivity contribution < 1.29 is 0 Å². The monoisotopic (exact) mass is 232 g/mol. The Labute approximate surface area is 96.9 Å². The van der Waals surface area contributed by atoms with Gasteiger partial charge in [0, 0.05) is 11.6 Å². The van der Waals surface area contributed by atoms with Crippen molar-refractivity contribution in [3.63, 3.8) is 0 Å². The molecule has 0 radical (unpaired) electrons. The van der Waals surface area contributed by atoms with Gasteiger partial charge in [-0.25, -0.2) is 0 Å². The maximum Gasteiger partial charge on any atom is 0.152 e. The van der Waals surface area contributed by atoms with Crippen molar-refractivity contribution in [2.45, 2.75) is 6.92 Å². The van der Waals surface area contributed by atoms with E-state index < -0.39 is 0 Å². The average molecular weight is 233 g/mol. The number of rotatable bonds is 1. The van der Waals surface area contributed by atoms with Crippen LogP contribution in [0.2, 0.25) is 5.02 Å². The molecule has 0 aliphatic heterocycles. The van der Waals surface area contributed by atoms with E-state index >= 15 is 0 Å². The zero-order valence-corrected chi connectivity index (χ0v) is 9.36. The smallest absolute Gasteiger partial charge is 0.152 e. The van der Waals surface area contributed by atoms with Crippen molar-refractivity contribution in [1.82, 2.24) is 19.8 Å². The highest BCUT2D eigenvalue weighted by Crippen LogP contribution is 2.26. The number of hydrogen-bond acceptors (Lipinski definition) is 2. The van der Waals surface area contributed by atoms with Crippen molar-refractivity contribution in [2.24, 2.45) is 0 Å². The number of aromatic nitrogens is 4. The number of halogens is 1. The highest BCUT2D eigenvalue weighted by Gasteiger charge is 2.09. The number of nitrogens with one attached hydrogen (secondary N) is 1. The summed E-state index contributed by atoms with van der Waals surface area (Å²) in [5.74, 6) is 0.827.